The number of hydrogen-bond donors (Lipinski definition) is 1. The molecule has 5 nitrogen and oxygen atoms in total. The molecule has 2 aromatic carbocycles. The van der Waals surface area contributed by atoms with Gasteiger partial charge in [-0.25, -0.2) is 0 Å². The van der Waals surface area contributed by atoms with Gasteiger partial charge in [0, 0.05) is 13.1 Å². The van der Waals surface area contributed by atoms with Gasteiger partial charge in [0.1, 0.15) is 5.75 Å². The minimum Gasteiger partial charge on any atom is -0.480 e. The first-order valence-corrected chi connectivity index (χ1v) is 10.4. The first-order chi connectivity index (χ1) is 14.0. The van der Waals surface area contributed by atoms with Crippen LogP contribution in [0.5, 0.6) is 5.75 Å². The highest BCUT2D eigenvalue weighted by molar-refractivity contribution is 6.04. The van der Waals surface area contributed by atoms with Crippen molar-refractivity contribution in [2.24, 2.45) is 0 Å². The van der Waals surface area contributed by atoms with Gasteiger partial charge in [-0.1, -0.05) is 31.2 Å². The number of anilines is 1. The molecule has 1 fully saturated rings. The molecule has 0 bridgehead atoms. The lowest BCUT2D eigenvalue weighted by Crippen LogP contribution is -2.37. The van der Waals surface area contributed by atoms with Gasteiger partial charge in [0.05, 0.1) is 11.3 Å². The number of hydrogen-bond acceptors (Lipinski definition) is 3. The number of aryl methyl sites for hydroxylation is 2. The van der Waals surface area contributed by atoms with Gasteiger partial charge in [-0.2, -0.15) is 0 Å². The van der Waals surface area contributed by atoms with Crippen LogP contribution in [0.4, 0.5) is 5.69 Å². The van der Waals surface area contributed by atoms with Crippen molar-refractivity contribution < 1.29 is 14.3 Å². The first kappa shape index (κ1) is 20.9. The predicted molar refractivity (Wildman–Crippen MR) is 115 cm³/mol. The highest BCUT2D eigenvalue weighted by atomic mass is 16.5. The van der Waals surface area contributed by atoms with E-state index in [-0.39, 0.29) is 11.8 Å². The summed E-state index contributed by atoms with van der Waals surface area (Å²) in [6, 6.07) is 13.2. The van der Waals surface area contributed by atoms with Crippen LogP contribution < -0.4 is 10.1 Å². The Bertz CT molecular complexity index is 872. The van der Waals surface area contributed by atoms with Crippen molar-refractivity contribution >= 4 is 17.5 Å². The van der Waals surface area contributed by atoms with Gasteiger partial charge in [0.2, 0.25) is 0 Å². The molecular weight excluding hydrogens is 364 g/mol. The highest BCUT2D eigenvalue weighted by Crippen LogP contribution is 2.23. The van der Waals surface area contributed by atoms with E-state index in [1.165, 1.54) is 0 Å². The molecular formula is C24H30N2O3. The second kappa shape index (κ2) is 9.59. The average molecular weight is 395 g/mol. The third-order valence-electron chi connectivity index (χ3n) is 5.33. The normalized spacial score (nSPS) is 14.9. The van der Waals surface area contributed by atoms with Crippen molar-refractivity contribution in [3.05, 3.63) is 59.2 Å². The Morgan fingerprint density at radius 1 is 1.07 bits per heavy atom. The zero-order valence-electron chi connectivity index (χ0n) is 17.5. The number of ether oxygens (including phenoxy) is 1. The van der Waals surface area contributed by atoms with Crippen LogP contribution in [-0.2, 0) is 4.79 Å². The van der Waals surface area contributed by atoms with Crippen LogP contribution in [0.15, 0.2) is 42.5 Å². The second-order valence-corrected chi connectivity index (χ2v) is 7.67. The molecule has 0 aliphatic carbocycles. The van der Waals surface area contributed by atoms with Gasteiger partial charge < -0.3 is 15.0 Å². The Kier molecular flexibility index (Phi) is 6.91. The van der Waals surface area contributed by atoms with E-state index in [1.807, 2.05) is 56.0 Å². The monoisotopic (exact) mass is 394 g/mol. The lowest BCUT2D eigenvalue weighted by atomic mass is 10.1. The third-order valence-corrected chi connectivity index (χ3v) is 5.33. The molecule has 0 saturated carbocycles. The molecule has 0 aromatic heterocycles. The zero-order chi connectivity index (χ0) is 20.8. The molecule has 1 atom stereocenters. The molecule has 1 saturated heterocycles. The zero-order valence-corrected chi connectivity index (χ0v) is 17.5. The van der Waals surface area contributed by atoms with E-state index in [2.05, 4.69) is 5.32 Å². The van der Waals surface area contributed by atoms with E-state index in [9.17, 15) is 9.59 Å². The summed E-state index contributed by atoms with van der Waals surface area (Å²) in [5.41, 5.74) is 3.14. The number of para-hydroxylation sites is 1. The molecule has 3 rings (SSSR count). The maximum absolute atomic E-state index is 13.0. The van der Waals surface area contributed by atoms with Crippen molar-refractivity contribution in [1.29, 1.82) is 0 Å². The van der Waals surface area contributed by atoms with Crippen LogP contribution in [0.2, 0.25) is 0 Å². The number of amides is 2. The topological polar surface area (TPSA) is 58.6 Å². The maximum Gasteiger partial charge on any atom is 0.265 e. The van der Waals surface area contributed by atoms with Crippen molar-refractivity contribution in [1.82, 2.24) is 4.90 Å². The molecule has 0 unspecified atom stereocenters. The molecule has 1 N–H and O–H groups in total. The summed E-state index contributed by atoms with van der Waals surface area (Å²) in [5, 5.41) is 2.92. The first-order valence-electron chi connectivity index (χ1n) is 10.4. The summed E-state index contributed by atoms with van der Waals surface area (Å²) in [6.45, 7) is 7.42. The largest absolute Gasteiger partial charge is 0.480 e. The fourth-order valence-corrected chi connectivity index (χ4v) is 3.57. The number of benzene rings is 2. The summed E-state index contributed by atoms with van der Waals surface area (Å²) in [6.07, 6.45) is 3.12. The number of nitrogens with zero attached hydrogens (tertiary/aromatic N) is 1. The molecule has 1 heterocycles. The number of carbonyl (C=O) groups excluding carboxylic acids is 2. The Labute approximate surface area is 173 Å². The number of likely N-dealkylation sites (tertiary alicyclic amines) is 1. The number of piperidine rings is 1. The lowest BCUT2D eigenvalue weighted by Gasteiger charge is -2.27. The second-order valence-electron chi connectivity index (χ2n) is 7.67. The smallest absolute Gasteiger partial charge is 0.265 e. The van der Waals surface area contributed by atoms with E-state index < -0.39 is 6.10 Å². The maximum atomic E-state index is 13.0. The summed E-state index contributed by atoms with van der Waals surface area (Å²) < 4.78 is 6.02. The van der Waals surface area contributed by atoms with E-state index in [0.29, 0.717) is 23.4 Å². The number of rotatable bonds is 6. The molecule has 29 heavy (non-hydrogen) atoms. The van der Waals surface area contributed by atoms with Crippen LogP contribution in [0.1, 0.15) is 54.1 Å². The van der Waals surface area contributed by atoms with Gasteiger partial charge in [-0.3, -0.25) is 9.59 Å². The van der Waals surface area contributed by atoms with E-state index in [0.717, 1.165) is 43.5 Å². The molecule has 154 valence electrons. The lowest BCUT2D eigenvalue weighted by molar-refractivity contribution is -0.122. The molecule has 2 aromatic rings. The molecule has 1 aliphatic heterocycles. The van der Waals surface area contributed by atoms with Crippen molar-refractivity contribution in [3.63, 3.8) is 0 Å². The molecule has 0 spiro atoms. The standard InChI is InChI=1S/C24H30N2O3/c1-4-21(29-22-16-17(2)12-13-18(22)3)23(27)25-20-11-7-6-10-19(20)24(28)26-14-8-5-9-15-26/h6-7,10-13,16,21H,4-5,8-9,14-15H2,1-3H3,(H,25,27)/t21-/m0/s1. The molecule has 0 radical (unpaired) electrons. The molecule has 1 aliphatic rings. The Hall–Kier alpha value is -2.82. The quantitative estimate of drug-likeness (QED) is 0.771. The average Bonchev–Trinajstić information content (AvgIpc) is 2.74. The van der Waals surface area contributed by atoms with Gasteiger partial charge >= 0.3 is 0 Å². The summed E-state index contributed by atoms with van der Waals surface area (Å²) in [4.78, 5) is 27.8. The van der Waals surface area contributed by atoms with Crippen LogP contribution in [0, 0.1) is 13.8 Å². The molecule has 2 amide bonds. The minimum absolute atomic E-state index is 0.0240. The fraction of sp³-hybridized carbons (Fsp3) is 0.417. The summed E-state index contributed by atoms with van der Waals surface area (Å²) in [5.74, 6) is 0.445. The van der Waals surface area contributed by atoms with Crippen molar-refractivity contribution in [2.45, 2.75) is 52.6 Å². The number of nitrogens with one attached hydrogen (secondary N) is 1. The van der Waals surface area contributed by atoms with Crippen LogP contribution in [0.25, 0.3) is 0 Å². The fourth-order valence-electron chi connectivity index (χ4n) is 3.57. The van der Waals surface area contributed by atoms with Gasteiger partial charge in [-0.15, -0.1) is 0 Å². The SMILES string of the molecule is CC[C@H](Oc1cc(C)ccc1C)C(=O)Nc1ccccc1C(=O)N1CCCCC1. The van der Waals surface area contributed by atoms with E-state index in [4.69, 9.17) is 4.74 Å². The predicted octanol–water partition coefficient (Wildman–Crippen LogP) is 4.73. The Morgan fingerprint density at radius 3 is 2.52 bits per heavy atom. The van der Waals surface area contributed by atoms with Crippen LogP contribution >= 0.6 is 0 Å². The Morgan fingerprint density at radius 2 is 1.79 bits per heavy atom. The van der Waals surface area contributed by atoms with E-state index in [1.54, 1.807) is 12.1 Å². The van der Waals surface area contributed by atoms with Crippen LogP contribution in [0.3, 0.4) is 0 Å². The molecule has 5 heteroatoms. The van der Waals surface area contributed by atoms with Crippen molar-refractivity contribution in [2.75, 3.05) is 18.4 Å². The summed E-state index contributed by atoms with van der Waals surface area (Å²) in [7, 11) is 0. The van der Waals surface area contributed by atoms with Crippen molar-refractivity contribution in [3.8, 4) is 5.75 Å². The summed E-state index contributed by atoms with van der Waals surface area (Å²) >= 11 is 0. The van der Waals surface area contributed by atoms with Gasteiger partial charge in [0.15, 0.2) is 6.10 Å². The third kappa shape index (κ3) is 5.17. The van der Waals surface area contributed by atoms with Gasteiger partial charge in [0.25, 0.3) is 11.8 Å². The van der Waals surface area contributed by atoms with Gasteiger partial charge in [-0.05, 0) is 68.9 Å². The highest BCUT2D eigenvalue weighted by Gasteiger charge is 2.24. The van der Waals surface area contributed by atoms with Crippen LogP contribution in [-0.4, -0.2) is 35.9 Å². The minimum atomic E-state index is -0.631. The Balaban J connectivity index is 1.75. The van der Waals surface area contributed by atoms with E-state index >= 15 is 0 Å². The number of carbonyl (C=O) groups is 2.